The van der Waals surface area contributed by atoms with Crippen molar-refractivity contribution in [2.24, 2.45) is 0 Å². The summed E-state index contributed by atoms with van der Waals surface area (Å²) in [5.41, 5.74) is 7.13. The Morgan fingerprint density at radius 2 is 1.62 bits per heavy atom. The van der Waals surface area contributed by atoms with Crippen molar-refractivity contribution in [2.45, 2.75) is 20.8 Å². The Balaban J connectivity index is 1.79. The summed E-state index contributed by atoms with van der Waals surface area (Å²) in [5, 5.41) is 22.2. The van der Waals surface area contributed by atoms with Gasteiger partial charge in [-0.2, -0.15) is 0 Å². The maximum atomic E-state index is 13.6. The molecule has 0 radical (unpaired) electrons. The maximum Gasteiger partial charge on any atom is 0.201 e. The van der Waals surface area contributed by atoms with Crippen molar-refractivity contribution < 1.29 is 15.0 Å². The molecule has 0 unspecified atom stereocenters. The molecule has 3 aromatic carbocycles. The highest BCUT2D eigenvalue weighted by molar-refractivity contribution is 6.43. The highest BCUT2D eigenvalue weighted by atomic mass is 16.3. The Kier molecular flexibility index (Phi) is 5.02. The number of hydrogen-bond acceptors (Lipinski definition) is 3. The number of allylic oxidation sites excluding steroid dienone is 4. The van der Waals surface area contributed by atoms with Crippen molar-refractivity contribution in [3.8, 4) is 11.4 Å². The number of Topliss-reactive ketones (excluding diaryl/α,β-unsaturated/α-hetero) is 1. The number of aryl methyl sites for hydroxylation is 1. The molecule has 1 aliphatic rings. The quantitative estimate of drug-likeness (QED) is 0.337. The van der Waals surface area contributed by atoms with Crippen LogP contribution in [-0.2, 0) is 4.79 Å². The molecule has 0 bridgehead atoms. The molecular formula is C30H25NO3. The van der Waals surface area contributed by atoms with Crippen LogP contribution in [0.4, 0.5) is 0 Å². The number of phenols is 1. The number of aromatic hydroxyl groups is 1. The van der Waals surface area contributed by atoms with Crippen molar-refractivity contribution in [1.82, 2.24) is 4.57 Å². The minimum atomic E-state index is -0.194. The topological polar surface area (TPSA) is 62.5 Å². The number of carbonyl (C=O) groups is 1. The van der Waals surface area contributed by atoms with E-state index in [0.29, 0.717) is 22.3 Å². The number of aliphatic hydroxyl groups is 1. The van der Waals surface area contributed by atoms with Crippen LogP contribution in [0.5, 0.6) is 5.75 Å². The van der Waals surface area contributed by atoms with Crippen LogP contribution in [0.1, 0.15) is 29.3 Å². The third kappa shape index (κ3) is 3.11. The minimum Gasteiger partial charge on any atom is -0.508 e. The molecule has 0 aliphatic heterocycles. The van der Waals surface area contributed by atoms with Crippen molar-refractivity contribution in [3.05, 3.63) is 119 Å². The molecule has 0 saturated heterocycles. The highest BCUT2D eigenvalue weighted by Gasteiger charge is 2.40. The first-order chi connectivity index (χ1) is 16.3. The summed E-state index contributed by atoms with van der Waals surface area (Å²) in [6.45, 7) is 9.85. The number of aliphatic hydroxyl groups excluding tert-OH is 1. The largest absolute Gasteiger partial charge is 0.508 e. The molecule has 1 heterocycles. The molecule has 0 atom stereocenters. The van der Waals surface area contributed by atoms with Gasteiger partial charge in [0.2, 0.25) is 5.78 Å². The number of hydrogen-bond donors (Lipinski definition) is 2. The van der Waals surface area contributed by atoms with Gasteiger partial charge in [-0.3, -0.25) is 4.79 Å². The molecule has 168 valence electrons. The Hall–Kier alpha value is -4.31. The first-order valence-corrected chi connectivity index (χ1v) is 11.2. The summed E-state index contributed by atoms with van der Waals surface area (Å²) in [6.07, 6.45) is 0. The molecule has 0 fully saturated rings. The standard InChI is InChI=1S/C30H25NO3/c1-17(2)25(22-13-6-5-10-18(22)3)27-29(33)28(30(27)34)26-19(4)31(20-11-9-12-21(32)16-20)24-15-8-7-14-23(24)26/h5-16,32-33H,1H2,2-4H3/b27-25-. The Morgan fingerprint density at radius 3 is 2.29 bits per heavy atom. The highest BCUT2D eigenvalue weighted by Crippen LogP contribution is 2.46. The van der Waals surface area contributed by atoms with Crippen molar-refractivity contribution in [1.29, 1.82) is 0 Å². The van der Waals surface area contributed by atoms with E-state index < -0.39 is 0 Å². The molecule has 4 aromatic rings. The van der Waals surface area contributed by atoms with Crippen LogP contribution in [0.15, 0.2) is 96.3 Å². The minimum absolute atomic E-state index is 0.00633. The van der Waals surface area contributed by atoms with E-state index in [4.69, 9.17) is 0 Å². The first-order valence-electron chi connectivity index (χ1n) is 11.2. The molecule has 34 heavy (non-hydrogen) atoms. The molecule has 5 rings (SSSR count). The zero-order valence-corrected chi connectivity index (χ0v) is 19.4. The fourth-order valence-corrected chi connectivity index (χ4v) is 4.95. The van der Waals surface area contributed by atoms with Crippen LogP contribution in [0.3, 0.4) is 0 Å². The van der Waals surface area contributed by atoms with Gasteiger partial charge in [0.1, 0.15) is 11.5 Å². The second-order valence-electron chi connectivity index (χ2n) is 8.73. The SMILES string of the molecule is C=C(C)/C(=C1/C(=O)C(c2c(C)n(-c3cccc(O)c3)c3ccccc23)=C1O)c1ccccc1C. The summed E-state index contributed by atoms with van der Waals surface area (Å²) >= 11 is 0. The number of nitrogens with zero attached hydrogens (tertiary/aromatic N) is 1. The molecule has 2 N–H and O–H groups in total. The lowest BCUT2D eigenvalue weighted by Gasteiger charge is -2.26. The summed E-state index contributed by atoms with van der Waals surface area (Å²) < 4.78 is 2.00. The summed E-state index contributed by atoms with van der Waals surface area (Å²) in [4.78, 5) is 13.6. The summed E-state index contributed by atoms with van der Waals surface area (Å²) in [7, 11) is 0. The average Bonchev–Trinajstić information content (AvgIpc) is 3.09. The van der Waals surface area contributed by atoms with Gasteiger partial charge in [-0.15, -0.1) is 0 Å². The van der Waals surface area contributed by atoms with Gasteiger partial charge in [-0.05, 0) is 61.2 Å². The molecule has 1 aromatic heterocycles. The van der Waals surface area contributed by atoms with Gasteiger partial charge >= 0.3 is 0 Å². The predicted molar refractivity (Wildman–Crippen MR) is 137 cm³/mol. The third-order valence-electron chi connectivity index (χ3n) is 6.47. The smallest absolute Gasteiger partial charge is 0.201 e. The van der Waals surface area contributed by atoms with Crippen molar-refractivity contribution >= 4 is 27.8 Å². The van der Waals surface area contributed by atoms with E-state index in [0.717, 1.165) is 39.0 Å². The molecule has 4 heteroatoms. The molecule has 0 amide bonds. The molecule has 4 nitrogen and oxygen atoms in total. The van der Waals surface area contributed by atoms with E-state index in [2.05, 4.69) is 6.58 Å². The first kappa shape index (κ1) is 21.5. The van der Waals surface area contributed by atoms with Crippen LogP contribution in [-0.4, -0.2) is 20.6 Å². The van der Waals surface area contributed by atoms with Crippen LogP contribution < -0.4 is 0 Å². The molecule has 0 spiro atoms. The lowest BCUT2D eigenvalue weighted by molar-refractivity contribution is -0.111. The number of aromatic nitrogens is 1. The number of fused-ring (bicyclic) bond motifs is 1. The van der Waals surface area contributed by atoms with E-state index in [1.807, 2.05) is 79.9 Å². The van der Waals surface area contributed by atoms with Gasteiger partial charge < -0.3 is 14.8 Å². The third-order valence-corrected chi connectivity index (χ3v) is 6.47. The number of benzene rings is 3. The van der Waals surface area contributed by atoms with Gasteiger partial charge in [-0.1, -0.05) is 55.1 Å². The fourth-order valence-electron chi connectivity index (χ4n) is 4.95. The van der Waals surface area contributed by atoms with E-state index in [9.17, 15) is 15.0 Å². The average molecular weight is 448 g/mol. The number of carbonyl (C=O) groups excluding carboxylic acids is 1. The normalized spacial score (nSPS) is 15.0. The van der Waals surface area contributed by atoms with E-state index >= 15 is 0 Å². The lowest BCUT2D eigenvalue weighted by atomic mass is 9.76. The second kappa shape index (κ2) is 7.92. The number of para-hydroxylation sites is 1. The molecular weight excluding hydrogens is 422 g/mol. The van der Waals surface area contributed by atoms with E-state index in [1.165, 1.54) is 0 Å². The predicted octanol–water partition coefficient (Wildman–Crippen LogP) is 6.83. The maximum absolute atomic E-state index is 13.6. The number of phenolic OH excluding ortho intramolecular Hbond substituents is 1. The Bertz CT molecular complexity index is 1580. The van der Waals surface area contributed by atoms with Gasteiger partial charge in [-0.25, -0.2) is 0 Å². The number of ketones is 1. The van der Waals surface area contributed by atoms with E-state index in [-0.39, 0.29) is 17.3 Å². The number of rotatable bonds is 4. The van der Waals surface area contributed by atoms with Gasteiger partial charge in [0.05, 0.1) is 16.7 Å². The van der Waals surface area contributed by atoms with Gasteiger partial charge in [0.15, 0.2) is 0 Å². The van der Waals surface area contributed by atoms with Crippen LogP contribution >= 0.6 is 0 Å². The van der Waals surface area contributed by atoms with E-state index in [1.54, 1.807) is 18.2 Å². The van der Waals surface area contributed by atoms with Crippen LogP contribution in [0.25, 0.3) is 27.7 Å². The summed E-state index contributed by atoms with van der Waals surface area (Å²) in [5.74, 6) is -0.0404. The van der Waals surface area contributed by atoms with Crippen LogP contribution in [0, 0.1) is 13.8 Å². The Labute approximate surface area is 198 Å². The van der Waals surface area contributed by atoms with Crippen molar-refractivity contribution in [2.75, 3.05) is 0 Å². The second-order valence-corrected chi connectivity index (χ2v) is 8.73. The summed E-state index contributed by atoms with van der Waals surface area (Å²) in [6, 6.07) is 22.6. The van der Waals surface area contributed by atoms with Gasteiger partial charge in [0, 0.05) is 28.4 Å². The fraction of sp³-hybridized carbons (Fsp3) is 0.100. The van der Waals surface area contributed by atoms with Crippen molar-refractivity contribution in [3.63, 3.8) is 0 Å². The molecule has 0 saturated carbocycles. The lowest BCUT2D eigenvalue weighted by Crippen LogP contribution is -2.23. The Morgan fingerprint density at radius 1 is 0.912 bits per heavy atom. The zero-order chi connectivity index (χ0) is 24.1. The monoisotopic (exact) mass is 447 g/mol. The van der Waals surface area contributed by atoms with Gasteiger partial charge in [0.25, 0.3) is 0 Å². The zero-order valence-electron chi connectivity index (χ0n) is 19.4. The van der Waals surface area contributed by atoms with Crippen LogP contribution in [0.2, 0.25) is 0 Å². The molecule has 1 aliphatic carbocycles.